The monoisotopic (exact) mass is 437 g/mol. The molecule has 0 atom stereocenters. The fourth-order valence-electron chi connectivity index (χ4n) is 3.58. The molecule has 1 aliphatic heterocycles. The molecule has 31 heavy (non-hydrogen) atoms. The second kappa shape index (κ2) is 8.55. The van der Waals surface area contributed by atoms with Crippen LogP contribution in [-0.2, 0) is 6.42 Å². The molecule has 0 spiro atoms. The average molecular weight is 438 g/mol. The minimum Gasteiger partial charge on any atom is -0.490 e. The van der Waals surface area contributed by atoms with Crippen molar-refractivity contribution in [3.63, 3.8) is 0 Å². The highest BCUT2D eigenvalue weighted by Gasteiger charge is 2.34. The minimum absolute atomic E-state index is 0.209. The van der Waals surface area contributed by atoms with Crippen molar-refractivity contribution in [2.75, 3.05) is 6.61 Å². The Morgan fingerprint density at radius 2 is 2.13 bits per heavy atom. The summed E-state index contributed by atoms with van der Waals surface area (Å²) >= 11 is 6.33. The summed E-state index contributed by atoms with van der Waals surface area (Å²) in [4.78, 5) is 17.6. The molecule has 1 aromatic heterocycles. The number of carbonyl (C=O) groups is 1. The molecule has 3 aromatic rings. The van der Waals surface area contributed by atoms with Gasteiger partial charge in [0.2, 0.25) is 5.78 Å². The Morgan fingerprint density at radius 3 is 2.84 bits per heavy atom. The van der Waals surface area contributed by atoms with Crippen LogP contribution >= 0.6 is 11.6 Å². The first-order chi connectivity index (χ1) is 14.9. The summed E-state index contributed by atoms with van der Waals surface area (Å²) in [6, 6.07) is 11.0. The van der Waals surface area contributed by atoms with Gasteiger partial charge in [-0.05, 0) is 50.1 Å². The largest absolute Gasteiger partial charge is 0.490 e. The fraction of sp³-hybridized carbons (Fsp3) is 0.292. The number of hydrogen-bond donors (Lipinski definition) is 0. The standard InChI is InChI=1S/C24H24ClN3O3/c1-4-9-30-21-12-17(10-18-13-24(2,3)31-23(18)21)22(29)20(28-15-26-14-27-28)11-16-7-5-6-8-19(16)25/h5-8,10-12,14-15H,4,9,13H2,1-3H3/b20-11+. The normalized spacial score (nSPS) is 14.8. The number of nitrogens with zero attached hydrogens (tertiary/aromatic N) is 3. The van der Waals surface area contributed by atoms with Crippen molar-refractivity contribution in [2.45, 2.75) is 39.2 Å². The van der Waals surface area contributed by atoms with Crippen LogP contribution < -0.4 is 9.47 Å². The summed E-state index contributed by atoms with van der Waals surface area (Å²) in [6.07, 6.45) is 6.16. The van der Waals surface area contributed by atoms with Gasteiger partial charge >= 0.3 is 0 Å². The Labute approximate surface area is 186 Å². The van der Waals surface area contributed by atoms with E-state index in [1.165, 1.54) is 17.3 Å². The number of Topliss-reactive ketones (excluding diaryl/α,β-unsaturated/α-hetero) is 1. The third kappa shape index (κ3) is 4.49. The summed E-state index contributed by atoms with van der Waals surface area (Å²) in [7, 11) is 0. The van der Waals surface area contributed by atoms with Crippen LogP contribution in [0.15, 0.2) is 49.1 Å². The van der Waals surface area contributed by atoms with Crippen LogP contribution in [-0.4, -0.2) is 32.8 Å². The zero-order chi connectivity index (χ0) is 22.0. The molecule has 0 saturated heterocycles. The van der Waals surface area contributed by atoms with Crippen LogP contribution in [0.2, 0.25) is 5.02 Å². The van der Waals surface area contributed by atoms with Crippen LogP contribution in [0, 0.1) is 0 Å². The van der Waals surface area contributed by atoms with E-state index >= 15 is 0 Å². The Balaban J connectivity index is 1.80. The minimum atomic E-state index is -0.351. The van der Waals surface area contributed by atoms with Crippen molar-refractivity contribution in [1.82, 2.24) is 14.8 Å². The number of halogens is 1. The highest BCUT2D eigenvalue weighted by Crippen LogP contribution is 2.43. The van der Waals surface area contributed by atoms with E-state index in [1.54, 1.807) is 18.2 Å². The molecular formula is C24H24ClN3O3. The number of ketones is 1. The van der Waals surface area contributed by atoms with E-state index in [9.17, 15) is 4.79 Å². The highest BCUT2D eigenvalue weighted by molar-refractivity contribution is 6.33. The van der Waals surface area contributed by atoms with Crippen LogP contribution in [0.1, 0.15) is 48.7 Å². The van der Waals surface area contributed by atoms with E-state index in [4.69, 9.17) is 21.1 Å². The summed E-state index contributed by atoms with van der Waals surface area (Å²) < 4.78 is 13.5. The van der Waals surface area contributed by atoms with E-state index in [-0.39, 0.29) is 11.4 Å². The maximum atomic E-state index is 13.6. The molecular weight excluding hydrogens is 414 g/mol. The van der Waals surface area contributed by atoms with Gasteiger partial charge in [0.05, 0.1) is 6.61 Å². The molecule has 2 aromatic carbocycles. The third-order valence-corrected chi connectivity index (χ3v) is 5.29. The Kier molecular flexibility index (Phi) is 5.83. The maximum Gasteiger partial charge on any atom is 0.211 e. The van der Waals surface area contributed by atoms with Gasteiger partial charge in [0.1, 0.15) is 24.0 Å². The molecule has 2 heterocycles. The van der Waals surface area contributed by atoms with Crippen LogP contribution in [0.4, 0.5) is 0 Å². The number of aromatic nitrogens is 3. The highest BCUT2D eigenvalue weighted by atomic mass is 35.5. The van der Waals surface area contributed by atoms with Crippen molar-refractivity contribution >= 4 is 29.2 Å². The molecule has 0 aliphatic carbocycles. The lowest BCUT2D eigenvalue weighted by atomic mass is 9.97. The quantitative estimate of drug-likeness (QED) is 0.370. The number of hydrogen-bond acceptors (Lipinski definition) is 5. The Hall–Kier alpha value is -3.12. The number of rotatable bonds is 7. The first kappa shape index (κ1) is 21.1. The van der Waals surface area contributed by atoms with Crippen molar-refractivity contribution in [2.24, 2.45) is 0 Å². The number of benzene rings is 2. The second-order valence-electron chi connectivity index (χ2n) is 8.07. The first-order valence-electron chi connectivity index (χ1n) is 10.2. The van der Waals surface area contributed by atoms with Gasteiger partial charge in [0.25, 0.3) is 0 Å². The topological polar surface area (TPSA) is 66.2 Å². The van der Waals surface area contributed by atoms with Gasteiger partial charge < -0.3 is 9.47 Å². The molecule has 7 heteroatoms. The molecule has 4 rings (SSSR count). The lowest BCUT2D eigenvalue weighted by Gasteiger charge is -2.18. The zero-order valence-corrected chi connectivity index (χ0v) is 18.5. The van der Waals surface area contributed by atoms with E-state index in [0.717, 1.165) is 17.5 Å². The van der Waals surface area contributed by atoms with E-state index in [0.29, 0.717) is 40.8 Å². The lowest BCUT2D eigenvalue weighted by Crippen LogP contribution is -2.24. The second-order valence-corrected chi connectivity index (χ2v) is 8.48. The molecule has 160 valence electrons. The number of ether oxygens (including phenoxy) is 2. The zero-order valence-electron chi connectivity index (χ0n) is 17.8. The summed E-state index contributed by atoms with van der Waals surface area (Å²) in [5, 5.41) is 4.72. The van der Waals surface area contributed by atoms with Crippen LogP contribution in [0.5, 0.6) is 11.5 Å². The summed E-state index contributed by atoms with van der Waals surface area (Å²) in [5.74, 6) is 1.09. The lowest BCUT2D eigenvalue weighted by molar-refractivity contribution is 0.105. The van der Waals surface area contributed by atoms with Gasteiger partial charge in [-0.1, -0.05) is 36.7 Å². The van der Waals surface area contributed by atoms with Gasteiger partial charge in [-0.2, -0.15) is 5.10 Å². The van der Waals surface area contributed by atoms with E-state index in [2.05, 4.69) is 10.1 Å². The predicted octanol–water partition coefficient (Wildman–Crippen LogP) is 5.31. The van der Waals surface area contributed by atoms with Gasteiger partial charge in [-0.25, -0.2) is 9.67 Å². The fourth-order valence-corrected chi connectivity index (χ4v) is 3.77. The first-order valence-corrected chi connectivity index (χ1v) is 10.6. The molecule has 0 unspecified atom stereocenters. The van der Waals surface area contributed by atoms with E-state index in [1.807, 2.05) is 45.0 Å². The SMILES string of the molecule is CCCOc1cc(C(=O)/C(=C\c2ccccc2Cl)n2cncn2)cc2c1OC(C)(C)C2. The summed E-state index contributed by atoms with van der Waals surface area (Å²) in [5.41, 5.74) is 2.16. The molecule has 0 fully saturated rings. The maximum absolute atomic E-state index is 13.6. The van der Waals surface area contributed by atoms with Crippen molar-refractivity contribution in [3.05, 3.63) is 70.8 Å². The van der Waals surface area contributed by atoms with Gasteiger partial charge in [0.15, 0.2) is 11.5 Å². The average Bonchev–Trinajstić information content (AvgIpc) is 3.37. The number of allylic oxidation sites excluding steroid dienone is 1. The molecule has 0 bridgehead atoms. The van der Waals surface area contributed by atoms with E-state index < -0.39 is 0 Å². The number of fused-ring (bicyclic) bond motifs is 1. The molecule has 1 aliphatic rings. The van der Waals surface area contributed by atoms with Crippen molar-refractivity contribution < 1.29 is 14.3 Å². The van der Waals surface area contributed by atoms with Gasteiger partial charge in [-0.3, -0.25) is 4.79 Å². The molecule has 6 nitrogen and oxygen atoms in total. The number of carbonyl (C=O) groups excluding carboxylic acids is 1. The third-order valence-electron chi connectivity index (χ3n) is 4.95. The molecule has 0 radical (unpaired) electrons. The Bertz CT molecular complexity index is 1140. The van der Waals surface area contributed by atoms with Crippen LogP contribution in [0.3, 0.4) is 0 Å². The predicted molar refractivity (Wildman–Crippen MR) is 121 cm³/mol. The van der Waals surface area contributed by atoms with Crippen molar-refractivity contribution in [3.8, 4) is 11.5 Å². The Morgan fingerprint density at radius 1 is 1.32 bits per heavy atom. The summed E-state index contributed by atoms with van der Waals surface area (Å²) in [6.45, 7) is 6.63. The molecule has 0 saturated carbocycles. The smallest absolute Gasteiger partial charge is 0.211 e. The molecule has 0 amide bonds. The van der Waals surface area contributed by atoms with Crippen molar-refractivity contribution in [1.29, 1.82) is 0 Å². The van der Waals surface area contributed by atoms with Crippen LogP contribution in [0.25, 0.3) is 11.8 Å². The molecule has 0 N–H and O–H groups in total. The van der Waals surface area contributed by atoms with Gasteiger partial charge in [0, 0.05) is 22.6 Å². The van der Waals surface area contributed by atoms with Gasteiger partial charge in [-0.15, -0.1) is 0 Å².